The van der Waals surface area contributed by atoms with E-state index in [1.54, 1.807) is 4.68 Å². The summed E-state index contributed by atoms with van der Waals surface area (Å²) in [4.78, 5) is 15.4. The number of hydrogen-bond donors (Lipinski definition) is 0. The maximum atomic E-state index is 11.2. The van der Waals surface area contributed by atoms with Crippen LogP contribution in [0, 0.1) is 0 Å². The standard InChI is InChI=1S/C15H10BrN3O/c16-12-6-8-13(9-7-12)19-14(10-20)17-15(18-19)11-4-2-1-3-5-11/h1-10H. The third kappa shape index (κ3) is 2.40. The van der Waals surface area contributed by atoms with Crippen LogP contribution in [0.4, 0.5) is 0 Å². The summed E-state index contributed by atoms with van der Waals surface area (Å²) in [5.41, 5.74) is 1.68. The van der Waals surface area contributed by atoms with Gasteiger partial charge in [0.1, 0.15) is 0 Å². The summed E-state index contributed by atoms with van der Waals surface area (Å²) in [6.45, 7) is 0. The molecule has 1 aromatic heterocycles. The fourth-order valence-corrected chi connectivity index (χ4v) is 2.15. The minimum absolute atomic E-state index is 0.283. The number of rotatable bonds is 3. The first-order chi connectivity index (χ1) is 9.78. The molecular weight excluding hydrogens is 318 g/mol. The lowest BCUT2D eigenvalue weighted by atomic mass is 10.2. The summed E-state index contributed by atoms with van der Waals surface area (Å²) in [7, 11) is 0. The van der Waals surface area contributed by atoms with Gasteiger partial charge in [0.2, 0.25) is 0 Å². The Hall–Kier alpha value is -2.27. The molecule has 0 atom stereocenters. The average Bonchev–Trinajstić information content (AvgIpc) is 2.93. The molecule has 0 saturated heterocycles. The summed E-state index contributed by atoms with van der Waals surface area (Å²) in [5, 5.41) is 4.41. The summed E-state index contributed by atoms with van der Waals surface area (Å²) < 4.78 is 2.51. The summed E-state index contributed by atoms with van der Waals surface area (Å²) in [6.07, 6.45) is 0.710. The lowest BCUT2D eigenvalue weighted by Crippen LogP contribution is -2.01. The molecule has 0 spiro atoms. The lowest BCUT2D eigenvalue weighted by molar-refractivity contribution is 0.111. The normalized spacial score (nSPS) is 10.4. The van der Waals surface area contributed by atoms with Crippen molar-refractivity contribution in [1.82, 2.24) is 14.8 Å². The number of hydrogen-bond acceptors (Lipinski definition) is 3. The molecule has 0 unspecified atom stereocenters. The van der Waals surface area contributed by atoms with E-state index in [2.05, 4.69) is 26.0 Å². The van der Waals surface area contributed by atoms with Crippen molar-refractivity contribution in [2.75, 3.05) is 0 Å². The molecule has 0 aliphatic carbocycles. The van der Waals surface area contributed by atoms with Gasteiger partial charge in [-0.2, -0.15) is 0 Å². The molecule has 0 bridgehead atoms. The molecule has 0 amide bonds. The van der Waals surface area contributed by atoms with Crippen LogP contribution in [0.25, 0.3) is 17.1 Å². The van der Waals surface area contributed by atoms with Crippen LogP contribution < -0.4 is 0 Å². The van der Waals surface area contributed by atoms with Crippen LogP contribution in [0.5, 0.6) is 0 Å². The molecule has 5 heteroatoms. The Morgan fingerprint density at radius 1 is 1.00 bits per heavy atom. The van der Waals surface area contributed by atoms with Crippen LogP contribution in [0.2, 0.25) is 0 Å². The average molecular weight is 328 g/mol. The quantitative estimate of drug-likeness (QED) is 0.691. The SMILES string of the molecule is O=Cc1nc(-c2ccccc2)nn1-c1ccc(Br)cc1. The topological polar surface area (TPSA) is 47.8 Å². The molecule has 0 aliphatic rings. The molecule has 0 N–H and O–H groups in total. The van der Waals surface area contributed by atoms with Crippen molar-refractivity contribution in [2.24, 2.45) is 0 Å². The lowest BCUT2D eigenvalue weighted by Gasteiger charge is -2.01. The van der Waals surface area contributed by atoms with Crippen molar-refractivity contribution in [3.8, 4) is 17.1 Å². The van der Waals surface area contributed by atoms with Crippen molar-refractivity contribution >= 4 is 22.2 Å². The van der Waals surface area contributed by atoms with Gasteiger partial charge in [0, 0.05) is 10.0 Å². The zero-order chi connectivity index (χ0) is 13.9. The van der Waals surface area contributed by atoms with Gasteiger partial charge in [0.15, 0.2) is 17.9 Å². The van der Waals surface area contributed by atoms with Gasteiger partial charge in [-0.1, -0.05) is 46.3 Å². The third-order valence-corrected chi connectivity index (χ3v) is 3.37. The van der Waals surface area contributed by atoms with E-state index in [0.29, 0.717) is 12.1 Å². The Kier molecular flexibility index (Phi) is 3.43. The third-order valence-electron chi connectivity index (χ3n) is 2.84. The smallest absolute Gasteiger partial charge is 0.196 e. The van der Waals surface area contributed by atoms with Crippen molar-refractivity contribution in [3.63, 3.8) is 0 Å². The molecule has 98 valence electrons. The highest BCUT2D eigenvalue weighted by molar-refractivity contribution is 9.10. The Bertz CT molecular complexity index is 736. The van der Waals surface area contributed by atoms with E-state index in [1.807, 2.05) is 54.6 Å². The molecular formula is C15H10BrN3O. The highest BCUT2D eigenvalue weighted by atomic mass is 79.9. The van der Waals surface area contributed by atoms with Crippen molar-refractivity contribution in [2.45, 2.75) is 0 Å². The number of benzene rings is 2. The van der Waals surface area contributed by atoms with Gasteiger partial charge in [0.25, 0.3) is 0 Å². The van der Waals surface area contributed by atoms with E-state index in [1.165, 1.54) is 0 Å². The fraction of sp³-hybridized carbons (Fsp3) is 0. The van der Waals surface area contributed by atoms with Gasteiger partial charge in [-0.25, -0.2) is 9.67 Å². The minimum Gasteiger partial charge on any atom is -0.294 e. The van der Waals surface area contributed by atoms with Gasteiger partial charge < -0.3 is 0 Å². The Labute approximate surface area is 124 Å². The summed E-state index contributed by atoms with van der Waals surface area (Å²) >= 11 is 3.38. The second-order valence-corrected chi connectivity index (χ2v) is 5.08. The second kappa shape index (κ2) is 5.38. The maximum absolute atomic E-state index is 11.2. The number of carbonyl (C=O) groups is 1. The zero-order valence-electron chi connectivity index (χ0n) is 10.4. The van der Waals surface area contributed by atoms with E-state index in [0.717, 1.165) is 15.7 Å². The molecule has 1 heterocycles. The van der Waals surface area contributed by atoms with E-state index in [4.69, 9.17) is 0 Å². The first kappa shape index (κ1) is 12.7. The second-order valence-electron chi connectivity index (χ2n) is 4.17. The number of aromatic nitrogens is 3. The maximum Gasteiger partial charge on any atom is 0.196 e. The molecule has 3 rings (SSSR count). The molecule has 3 aromatic rings. The van der Waals surface area contributed by atoms with Gasteiger partial charge in [0.05, 0.1) is 5.69 Å². The zero-order valence-corrected chi connectivity index (χ0v) is 12.0. The van der Waals surface area contributed by atoms with E-state index >= 15 is 0 Å². The van der Waals surface area contributed by atoms with Crippen LogP contribution >= 0.6 is 15.9 Å². The highest BCUT2D eigenvalue weighted by Gasteiger charge is 2.12. The van der Waals surface area contributed by atoms with E-state index < -0.39 is 0 Å². The predicted molar refractivity (Wildman–Crippen MR) is 79.9 cm³/mol. The highest BCUT2D eigenvalue weighted by Crippen LogP contribution is 2.18. The first-order valence-electron chi connectivity index (χ1n) is 6.01. The largest absolute Gasteiger partial charge is 0.294 e. The number of carbonyl (C=O) groups excluding carboxylic acids is 1. The predicted octanol–water partition coefficient (Wildman–Crippen LogP) is 3.51. The van der Waals surface area contributed by atoms with Gasteiger partial charge >= 0.3 is 0 Å². The molecule has 0 aliphatic heterocycles. The Morgan fingerprint density at radius 3 is 2.35 bits per heavy atom. The van der Waals surface area contributed by atoms with Crippen LogP contribution in [-0.2, 0) is 0 Å². The molecule has 0 saturated carbocycles. The Balaban J connectivity index is 2.10. The van der Waals surface area contributed by atoms with E-state index in [-0.39, 0.29) is 5.82 Å². The fourth-order valence-electron chi connectivity index (χ4n) is 1.88. The van der Waals surface area contributed by atoms with Crippen molar-refractivity contribution in [1.29, 1.82) is 0 Å². The molecule has 2 aromatic carbocycles. The Morgan fingerprint density at radius 2 is 1.70 bits per heavy atom. The number of aldehydes is 1. The summed E-state index contributed by atoms with van der Waals surface area (Å²) in [5.74, 6) is 0.821. The van der Waals surface area contributed by atoms with Crippen LogP contribution in [0.1, 0.15) is 10.6 Å². The number of halogens is 1. The van der Waals surface area contributed by atoms with Gasteiger partial charge in [-0.15, -0.1) is 5.10 Å². The molecule has 0 fully saturated rings. The minimum atomic E-state index is 0.283. The molecule has 4 nitrogen and oxygen atoms in total. The van der Waals surface area contributed by atoms with Crippen LogP contribution in [0.15, 0.2) is 59.1 Å². The van der Waals surface area contributed by atoms with Crippen molar-refractivity contribution < 1.29 is 4.79 Å². The summed E-state index contributed by atoms with van der Waals surface area (Å²) in [6, 6.07) is 17.1. The van der Waals surface area contributed by atoms with Gasteiger partial charge in [-0.3, -0.25) is 4.79 Å². The monoisotopic (exact) mass is 327 g/mol. The van der Waals surface area contributed by atoms with Crippen LogP contribution in [-0.4, -0.2) is 21.1 Å². The first-order valence-corrected chi connectivity index (χ1v) is 6.81. The molecule has 20 heavy (non-hydrogen) atoms. The van der Waals surface area contributed by atoms with Crippen LogP contribution in [0.3, 0.4) is 0 Å². The van der Waals surface area contributed by atoms with Gasteiger partial charge in [-0.05, 0) is 24.3 Å². The van der Waals surface area contributed by atoms with Crippen molar-refractivity contribution in [3.05, 3.63) is 64.9 Å². The molecule has 0 radical (unpaired) electrons. The number of nitrogens with zero attached hydrogens (tertiary/aromatic N) is 3. The van der Waals surface area contributed by atoms with E-state index in [9.17, 15) is 4.79 Å².